The average Bonchev–Trinajstić information content (AvgIpc) is 2.33. The third-order valence-corrected chi connectivity index (χ3v) is 2.92. The van der Waals surface area contributed by atoms with Gasteiger partial charge in [-0.25, -0.2) is 4.39 Å². The van der Waals surface area contributed by atoms with Crippen molar-refractivity contribution in [2.75, 3.05) is 13.2 Å². The fourth-order valence-electron chi connectivity index (χ4n) is 1.70. The molecule has 0 amide bonds. The molecular weight excluding hydrogens is 231 g/mol. The number of hydrogen-bond acceptors (Lipinski definition) is 2. The highest BCUT2D eigenvalue weighted by Gasteiger charge is 2.16. The van der Waals surface area contributed by atoms with E-state index in [1.54, 1.807) is 12.1 Å². The third kappa shape index (κ3) is 2.86. The van der Waals surface area contributed by atoms with Gasteiger partial charge in [0.1, 0.15) is 6.10 Å². The van der Waals surface area contributed by atoms with Crippen LogP contribution in [-0.4, -0.2) is 19.3 Å². The second-order valence-corrected chi connectivity index (χ2v) is 4.10. The molecule has 1 aliphatic heterocycles. The molecule has 1 aromatic carbocycles. The van der Waals surface area contributed by atoms with Crippen LogP contribution in [0.4, 0.5) is 4.39 Å². The van der Waals surface area contributed by atoms with Gasteiger partial charge in [-0.1, -0.05) is 6.07 Å². The van der Waals surface area contributed by atoms with Crippen LogP contribution < -0.4 is 4.74 Å². The van der Waals surface area contributed by atoms with Gasteiger partial charge in [-0.15, -0.1) is 11.6 Å². The summed E-state index contributed by atoms with van der Waals surface area (Å²) in [5, 5.41) is 0. The minimum atomic E-state index is -0.343. The Morgan fingerprint density at radius 3 is 2.75 bits per heavy atom. The summed E-state index contributed by atoms with van der Waals surface area (Å²) in [6, 6.07) is 4.84. The Morgan fingerprint density at radius 2 is 2.12 bits per heavy atom. The van der Waals surface area contributed by atoms with Crippen molar-refractivity contribution in [2.45, 2.75) is 24.8 Å². The van der Waals surface area contributed by atoms with Gasteiger partial charge in [0.05, 0.1) is 13.2 Å². The predicted molar refractivity (Wildman–Crippen MR) is 60.4 cm³/mol. The second-order valence-electron chi connectivity index (χ2n) is 3.83. The topological polar surface area (TPSA) is 18.5 Å². The fourth-order valence-corrected chi connectivity index (χ4v) is 1.86. The largest absolute Gasteiger partial charge is 0.487 e. The smallest absolute Gasteiger partial charge is 0.165 e. The summed E-state index contributed by atoms with van der Waals surface area (Å²) in [4.78, 5) is 0. The molecule has 0 spiro atoms. The molecular formula is C12H14ClFO2. The molecule has 0 unspecified atom stereocenters. The Labute approximate surface area is 99.3 Å². The summed E-state index contributed by atoms with van der Waals surface area (Å²) in [6.45, 7) is 1.37. The van der Waals surface area contributed by atoms with Gasteiger partial charge in [-0.3, -0.25) is 0 Å². The van der Waals surface area contributed by atoms with Crippen LogP contribution in [0.2, 0.25) is 0 Å². The van der Waals surface area contributed by atoms with Crippen LogP contribution in [0.15, 0.2) is 18.2 Å². The lowest BCUT2D eigenvalue weighted by molar-refractivity contribution is 0.0240. The maximum Gasteiger partial charge on any atom is 0.165 e. The second kappa shape index (κ2) is 5.51. The Bertz CT molecular complexity index is 351. The van der Waals surface area contributed by atoms with Crippen molar-refractivity contribution in [2.24, 2.45) is 0 Å². The van der Waals surface area contributed by atoms with Gasteiger partial charge in [0.15, 0.2) is 11.6 Å². The van der Waals surface area contributed by atoms with E-state index in [4.69, 9.17) is 21.1 Å². The number of benzene rings is 1. The summed E-state index contributed by atoms with van der Waals surface area (Å²) in [6.07, 6.45) is 1.69. The molecule has 1 aliphatic rings. The van der Waals surface area contributed by atoms with Crippen LogP contribution in [0, 0.1) is 5.82 Å². The highest BCUT2D eigenvalue weighted by atomic mass is 35.5. The van der Waals surface area contributed by atoms with Crippen LogP contribution >= 0.6 is 11.6 Å². The standard InChI is InChI=1S/C12H14ClFO2/c13-8-9-1-2-12(11(14)7-9)16-10-3-5-15-6-4-10/h1-2,7,10H,3-6,8H2. The molecule has 16 heavy (non-hydrogen) atoms. The highest BCUT2D eigenvalue weighted by molar-refractivity contribution is 6.17. The molecule has 1 aromatic rings. The van der Waals surface area contributed by atoms with Gasteiger partial charge in [0.25, 0.3) is 0 Å². The first-order valence-corrected chi connectivity index (χ1v) is 5.92. The van der Waals surface area contributed by atoms with Crippen molar-refractivity contribution in [3.8, 4) is 5.75 Å². The van der Waals surface area contributed by atoms with Crippen molar-refractivity contribution in [1.82, 2.24) is 0 Å². The summed E-state index contributed by atoms with van der Waals surface area (Å²) in [7, 11) is 0. The van der Waals surface area contributed by atoms with Crippen LogP contribution in [0.5, 0.6) is 5.75 Å². The van der Waals surface area contributed by atoms with Crippen LogP contribution in [0.3, 0.4) is 0 Å². The molecule has 1 saturated heterocycles. The first-order valence-electron chi connectivity index (χ1n) is 5.38. The number of rotatable bonds is 3. The molecule has 1 fully saturated rings. The van der Waals surface area contributed by atoms with Gasteiger partial charge in [0.2, 0.25) is 0 Å². The summed E-state index contributed by atoms with van der Waals surface area (Å²) >= 11 is 5.62. The first kappa shape index (κ1) is 11.7. The normalized spacial score (nSPS) is 17.4. The minimum absolute atomic E-state index is 0.0603. The lowest BCUT2D eigenvalue weighted by Gasteiger charge is -2.23. The van der Waals surface area contributed by atoms with E-state index in [0.29, 0.717) is 24.8 Å². The summed E-state index contributed by atoms with van der Waals surface area (Å²) < 4.78 is 24.4. The number of hydrogen-bond donors (Lipinski definition) is 0. The summed E-state index contributed by atoms with van der Waals surface area (Å²) in [5.74, 6) is 0.277. The van der Waals surface area contributed by atoms with Crippen molar-refractivity contribution >= 4 is 11.6 Å². The van der Waals surface area contributed by atoms with Gasteiger partial charge in [-0.2, -0.15) is 0 Å². The Balaban J connectivity index is 2.03. The Morgan fingerprint density at radius 1 is 1.38 bits per heavy atom. The molecule has 0 bridgehead atoms. The lowest BCUT2D eigenvalue weighted by Crippen LogP contribution is -2.26. The lowest BCUT2D eigenvalue weighted by atomic mass is 10.1. The molecule has 0 aliphatic carbocycles. The average molecular weight is 245 g/mol. The van der Waals surface area contributed by atoms with E-state index in [1.165, 1.54) is 6.07 Å². The molecule has 2 nitrogen and oxygen atoms in total. The minimum Gasteiger partial charge on any atom is -0.487 e. The molecule has 2 rings (SSSR count). The summed E-state index contributed by atoms with van der Waals surface area (Å²) in [5.41, 5.74) is 0.762. The number of halogens is 2. The van der Waals surface area contributed by atoms with E-state index >= 15 is 0 Å². The third-order valence-electron chi connectivity index (χ3n) is 2.61. The molecule has 0 radical (unpaired) electrons. The molecule has 0 N–H and O–H groups in total. The van der Waals surface area contributed by atoms with E-state index < -0.39 is 0 Å². The van der Waals surface area contributed by atoms with Crippen LogP contribution in [0.1, 0.15) is 18.4 Å². The zero-order valence-electron chi connectivity index (χ0n) is 8.92. The predicted octanol–water partition coefficient (Wildman–Crippen LogP) is 3.12. The zero-order valence-corrected chi connectivity index (χ0v) is 9.67. The van der Waals surface area contributed by atoms with E-state index in [2.05, 4.69) is 0 Å². The van der Waals surface area contributed by atoms with Gasteiger partial charge in [-0.05, 0) is 17.7 Å². The zero-order chi connectivity index (χ0) is 11.4. The first-order chi connectivity index (χ1) is 7.79. The molecule has 88 valence electrons. The molecule has 0 saturated carbocycles. The van der Waals surface area contributed by atoms with Crippen molar-refractivity contribution in [1.29, 1.82) is 0 Å². The SMILES string of the molecule is Fc1cc(CCl)ccc1OC1CCOCC1. The Kier molecular flexibility index (Phi) is 4.02. The van der Waals surface area contributed by atoms with E-state index in [0.717, 1.165) is 18.4 Å². The van der Waals surface area contributed by atoms with Crippen LogP contribution in [-0.2, 0) is 10.6 Å². The quantitative estimate of drug-likeness (QED) is 0.761. The van der Waals surface area contributed by atoms with Crippen molar-refractivity contribution in [3.05, 3.63) is 29.6 Å². The van der Waals surface area contributed by atoms with Crippen LogP contribution in [0.25, 0.3) is 0 Å². The number of alkyl halides is 1. The van der Waals surface area contributed by atoms with E-state index in [1.807, 2.05) is 0 Å². The molecule has 0 aromatic heterocycles. The van der Waals surface area contributed by atoms with Gasteiger partial charge < -0.3 is 9.47 Å². The fraction of sp³-hybridized carbons (Fsp3) is 0.500. The van der Waals surface area contributed by atoms with Crippen molar-refractivity contribution < 1.29 is 13.9 Å². The monoisotopic (exact) mass is 244 g/mol. The highest BCUT2D eigenvalue weighted by Crippen LogP contribution is 2.23. The van der Waals surface area contributed by atoms with E-state index in [9.17, 15) is 4.39 Å². The van der Waals surface area contributed by atoms with E-state index in [-0.39, 0.29) is 11.9 Å². The molecule has 4 heteroatoms. The maximum atomic E-state index is 13.6. The van der Waals surface area contributed by atoms with Gasteiger partial charge in [0, 0.05) is 18.7 Å². The molecule has 0 atom stereocenters. The molecule has 1 heterocycles. The van der Waals surface area contributed by atoms with Crippen molar-refractivity contribution in [3.63, 3.8) is 0 Å². The van der Waals surface area contributed by atoms with Gasteiger partial charge >= 0.3 is 0 Å². The maximum absolute atomic E-state index is 13.6. The number of ether oxygens (including phenoxy) is 2. The Hall–Kier alpha value is -0.800.